The first kappa shape index (κ1) is 10.6. The van der Waals surface area contributed by atoms with Crippen LogP contribution in [0.1, 0.15) is 31.4 Å². The highest BCUT2D eigenvalue weighted by Crippen LogP contribution is 2.28. The largest absolute Gasteiger partial charge is 0.388 e. The Morgan fingerprint density at radius 2 is 2.60 bits per heavy atom. The van der Waals surface area contributed by atoms with Crippen LogP contribution in [-0.4, -0.2) is 28.1 Å². The molecule has 1 N–H and O–H groups in total. The molecule has 2 unspecified atom stereocenters. The third kappa shape index (κ3) is 2.38. The highest BCUT2D eigenvalue weighted by Gasteiger charge is 2.25. The van der Waals surface area contributed by atoms with Gasteiger partial charge in [0.15, 0.2) is 0 Å². The minimum atomic E-state index is -0.418. The highest BCUT2D eigenvalue weighted by atomic mass is 16.5. The van der Waals surface area contributed by atoms with Crippen LogP contribution < -0.4 is 0 Å². The van der Waals surface area contributed by atoms with E-state index in [0.29, 0.717) is 6.61 Å². The Labute approximate surface area is 89.9 Å². The summed E-state index contributed by atoms with van der Waals surface area (Å²) in [5.41, 5.74) is 0.916. The molecular formula is C11H18N2O2. The van der Waals surface area contributed by atoms with E-state index in [1.54, 1.807) is 6.20 Å². The fourth-order valence-electron chi connectivity index (χ4n) is 1.96. The molecule has 2 rings (SSSR count). The minimum Gasteiger partial charge on any atom is -0.388 e. The van der Waals surface area contributed by atoms with Gasteiger partial charge >= 0.3 is 0 Å². The molecule has 0 amide bonds. The summed E-state index contributed by atoms with van der Waals surface area (Å²) >= 11 is 0. The molecule has 2 atom stereocenters. The first-order chi connectivity index (χ1) is 7.31. The fourth-order valence-corrected chi connectivity index (χ4v) is 1.96. The van der Waals surface area contributed by atoms with Gasteiger partial charge in [0.2, 0.25) is 0 Å². The Balaban J connectivity index is 2.00. The zero-order valence-electron chi connectivity index (χ0n) is 9.09. The lowest BCUT2D eigenvalue weighted by molar-refractivity contribution is 0.0917. The number of hydrogen-bond donors (Lipinski definition) is 1. The van der Waals surface area contributed by atoms with Crippen LogP contribution in [0.3, 0.4) is 0 Å². The second kappa shape index (κ2) is 4.77. The molecule has 0 spiro atoms. The quantitative estimate of drug-likeness (QED) is 0.816. The van der Waals surface area contributed by atoms with Gasteiger partial charge in [-0.05, 0) is 12.8 Å². The van der Waals surface area contributed by atoms with Gasteiger partial charge in [-0.15, -0.1) is 0 Å². The van der Waals surface area contributed by atoms with Gasteiger partial charge in [-0.3, -0.25) is 4.68 Å². The van der Waals surface area contributed by atoms with Gasteiger partial charge in [0.25, 0.3) is 0 Å². The first-order valence-corrected chi connectivity index (χ1v) is 5.59. The number of aliphatic hydroxyl groups is 1. The third-order valence-corrected chi connectivity index (χ3v) is 2.86. The van der Waals surface area contributed by atoms with E-state index < -0.39 is 6.10 Å². The van der Waals surface area contributed by atoms with Crippen LogP contribution in [0.25, 0.3) is 0 Å². The number of nitrogens with zero attached hydrogens (tertiary/aromatic N) is 2. The van der Waals surface area contributed by atoms with Gasteiger partial charge in [0.05, 0.1) is 18.9 Å². The maximum absolute atomic E-state index is 10.1. The number of ether oxygens (including phenoxy) is 1. The molecule has 84 valence electrons. The Hall–Kier alpha value is -0.870. The molecule has 0 radical (unpaired) electrons. The van der Waals surface area contributed by atoms with E-state index in [0.717, 1.165) is 31.6 Å². The molecule has 1 aromatic heterocycles. The predicted molar refractivity (Wildman–Crippen MR) is 56.4 cm³/mol. The average molecular weight is 210 g/mol. The van der Waals surface area contributed by atoms with E-state index in [2.05, 4.69) is 12.0 Å². The molecule has 4 nitrogen and oxygen atoms in total. The smallest absolute Gasteiger partial charge is 0.0871 e. The summed E-state index contributed by atoms with van der Waals surface area (Å²) in [6.45, 7) is 4.46. The van der Waals surface area contributed by atoms with E-state index in [1.165, 1.54) is 0 Å². The molecule has 1 fully saturated rings. The minimum absolute atomic E-state index is 0.240. The van der Waals surface area contributed by atoms with Crippen molar-refractivity contribution in [2.24, 2.45) is 5.92 Å². The topological polar surface area (TPSA) is 47.3 Å². The van der Waals surface area contributed by atoms with Crippen LogP contribution in [0.2, 0.25) is 0 Å². The summed E-state index contributed by atoms with van der Waals surface area (Å²) in [6.07, 6.45) is 5.28. The molecule has 1 aliphatic rings. The van der Waals surface area contributed by atoms with E-state index in [4.69, 9.17) is 4.74 Å². The van der Waals surface area contributed by atoms with Crippen molar-refractivity contribution in [3.8, 4) is 0 Å². The van der Waals surface area contributed by atoms with Gasteiger partial charge in [0, 0.05) is 30.8 Å². The van der Waals surface area contributed by atoms with Gasteiger partial charge in [-0.25, -0.2) is 0 Å². The maximum atomic E-state index is 10.1. The molecule has 2 heterocycles. The number of aryl methyl sites for hydroxylation is 1. The molecule has 1 aliphatic heterocycles. The second-order valence-corrected chi connectivity index (χ2v) is 4.11. The van der Waals surface area contributed by atoms with Gasteiger partial charge < -0.3 is 9.84 Å². The van der Waals surface area contributed by atoms with Crippen molar-refractivity contribution in [3.63, 3.8) is 0 Å². The van der Waals surface area contributed by atoms with Crippen LogP contribution in [-0.2, 0) is 11.3 Å². The standard InChI is InChI=1S/C11H18N2O2/c1-2-4-13-7-10(6-12-13)11(14)9-3-5-15-8-9/h6-7,9,11,14H,2-5,8H2,1H3. The van der Waals surface area contributed by atoms with Crippen LogP contribution >= 0.6 is 0 Å². The summed E-state index contributed by atoms with van der Waals surface area (Å²) in [7, 11) is 0. The Morgan fingerprint density at radius 3 is 3.27 bits per heavy atom. The van der Waals surface area contributed by atoms with Crippen molar-refractivity contribution >= 4 is 0 Å². The Morgan fingerprint density at radius 1 is 1.73 bits per heavy atom. The van der Waals surface area contributed by atoms with Crippen molar-refractivity contribution in [2.45, 2.75) is 32.4 Å². The van der Waals surface area contributed by atoms with Gasteiger partial charge in [-0.2, -0.15) is 5.10 Å². The van der Waals surface area contributed by atoms with Gasteiger partial charge in [-0.1, -0.05) is 6.92 Å². The van der Waals surface area contributed by atoms with Crippen LogP contribution in [0.4, 0.5) is 0 Å². The fraction of sp³-hybridized carbons (Fsp3) is 0.727. The van der Waals surface area contributed by atoms with E-state index in [1.807, 2.05) is 10.9 Å². The highest BCUT2D eigenvalue weighted by molar-refractivity contribution is 5.09. The van der Waals surface area contributed by atoms with Crippen LogP contribution in [0.15, 0.2) is 12.4 Å². The van der Waals surface area contributed by atoms with Crippen LogP contribution in [0, 0.1) is 5.92 Å². The summed E-state index contributed by atoms with van der Waals surface area (Å²) < 4.78 is 7.15. The lowest BCUT2D eigenvalue weighted by atomic mass is 9.98. The second-order valence-electron chi connectivity index (χ2n) is 4.11. The maximum Gasteiger partial charge on any atom is 0.0871 e. The van der Waals surface area contributed by atoms with Crippen molar-refractivity contribution in [1.82, 2.24) is 9.78 Å². The molecule has 1 saturated heterocycles. The molecule has 1 aromatic rings. The van der Waals surface area contributed by atoms with E-state index in [-0.39, 0.29) is 5.92 Å². The molecule has 0 aliphatic carbocycles. The number of aromatic nitrogens is 2. The lowest BCUT2D eigenvalue weighted by Crippen LogP contribution is -2.11. The summed E-state index contributed by atoms with van der Waals surface area (Å²) in [5, 5.41) is 14.3. The summed E-state index contributed by atoms with van der Waals surface area (Å²) in [4.78, 5) is 0. The van der Waals surface area contributed by atoms with Crippen molar-refractivity contribution in [1.29, 1.82) is 0 Å². The molecule has 15 heavy (non-hydrogen) atoms. The Bertz CT molecular complexity index is 305. The number of aliphatic hydroxyl groups excluding tert-OH is 1. The van der Waals surface area contributed by atoms with Gasteiger partial charge in [0.1, 0.15) is 0 Å². The number of hydrogen-bond acceptors (Lipinski definition) is 3. The zero-order chi connectivity index (χ0) is 10.7. The lowest BCUT2D eigenvalue weighted by Gasteiger charge is -2.14. The molecule has 0 bridgehead atoms. The normalized spacial score (nSPS) is 23.2. The average Bonchev–Trinajstić information content (AvgIpc) is 2.87. The van der Waals surface area contributed by atoms with E-state index in [9.17, 15) is 5.11 Å². The SMILES string of the molecule is CCCn1cc(C(O)C2CCOC2)cn1. The first-order valence-electron chi connectivity index (χ1n) is 5.59. The molecule has 0 saturated carbocycles. The van der Waals surface area contributed by atoms with E-state index >= 15 is 0 Å². The Kier molecular flexibility index (Phi) is 3.38. The van der Waals surface area contributed by atoms with Crippen LogP contribution in [0.5, 0.6) is 0 Å². The molecular weight excluding hydrogens is 192 g/mol. The van der Waals surface area contributed by atoms with Crippen molar-refractivity contribution in [3.05, 3.63) is 18.0 Å². The zero-order valence-corrected chi connectivity index (χ0v) is 9.09. The molecule has 4 heteroatoms. The third-order valence-electron chi connectivity index (χ3n) is 2.86. The summed E-state index contributed by atoms with van der Waals surface area (Å²) in [5.74, 6) is 0.240. The molecule has 0 aromatic carbocycles. The predicted octanol–water partition coefficient (Wildman–Crippen LogP) is 1.36. The monoisotopic (exact) mass is 210 g/mol. The van der Waals surface area contributed by atoms with Crippen molar-refractivity contribution in [2.75, 3.05) is 13.2 Å². The summed E-state index contributed by atoms with van der Waals surface area (Å²) in [6, 6.07) is 0. The van der Waals surface area contributed by atoms with Crippen molar-refractivity contribution < 1.29 is 9.84 Å². The number of rotatable bonds is 4.